The average molecular weight is 182 g/mol. The Morgan fingerprint density at radius 2 is 1.91 bits per heavy atom. The molecule has 11 heavy (non-hydrogen) atoms. The highest BCUT2D eigenvalue weighted by Gasteiger charge is 2.29. The van der Waals surface area contributed by atoms with Crippen LogP contribution in [-0.2, 0) is 10.2 Å². The molecule has 0 aliphatic carbocycles. The van der Waals surface area contributed by atoms with Gasteiger partial charge in [-0.3, -0.25) is 0 Å². The lowest BCUT2D eigenvalue weighted by atomic mass is 10.1. The van der Waals surface area contributed by atoms with Gasteiger partial charge < -0.3 is 5.11 Å². The molecule has 0 aromatic carbocycles. The second-order valence-electron chi connectivity index (χ2n) is 2.98. The Labute approximate surface area is 67.0 Å². The summed E-state index contributed by atoms with van der Waals surface area (Å²) in [6.45, 7) is 2.90. The van der Waals surface area contributed by atoms with Crippen LogP contribution in [0.1, 0.15) is 13.8 Å². The number of nitrogens with zero attached hydrogens (tertiary/aromatic N) is 1. The van der Waals surface area contributed by atoms with Crippen molar-refractivity contribution in [3.05, 3.63) is 0 Å². The number of likely N-dealkylation sites (N-methyl/N-ethyl adjacent to an activating group) is 1. The van der Waals surface area contributed by atoms with Crippen LogP contribution in [0.5, 0.6) is 0 Å². The zero-order valence-corrected chi connectivity index (χ0v) is 7.72. The van der Waals surface area contributed by atoms with E-state index >= 15 is 0 Å². The van der Waals surface area contributed by atoms with Gasteiger partial charge >= 0.3 is 0 Å². The predicted molar refractivity (Wildman–Crippen MR) is 42.0 cm³/mol. The van der Waals surface area contributed by atoms with Gasteiger partial charge in [0.25, 0.3) is 10.2 Å². The molecule has 5 nitrogen and oxygen atoms in total. The van der Waals surface area contributed by atoms with Crippen LogP contribution in [0.25, 0.3) is 0 Å². The molecular weight excluding hydrogens is 168 g/mol. The van der Waals surface area contributed by atoms with Crippen LogP contribution in [0, 0.1) is 0 Å². The number of rotatable bonds is 3. The number of aliphatic hydroxyl groups is 1. The summed E-state index contributed by atoms with van der Waals surface area (Å²) in [6.07, 6.45) is 0. The lowest BCUT2D eigenvalue weighted by Crippen LogP contribution is -2.50. The molecule has 0 heterocycles. The third-order valence-corrected chi connectivity index (χ3v) is 2.88. The van der Waals surface area contributed by atoms with E-state index in [1.54, 1.807) is 13.8 Å². The van der Waals surface area contributed by atoms with E-state index in [-0.39, 0.29) is 6.61 Å². The van der Waals surface area contributed by atoms with E-state index < -0.39 is 15.7 Å². The maximum atomic E-state index is 10.7. The second kappa shape index (κ2) is 3.06. The number of hydrogen-bond donors (Lipinski definition) is 2. The Kier molecular flexibility index (Phi) is 3.01. The topological polar surface area (TPSA) is 83.6 Å². The third kappa shape index (κ3) is 2.74. The SMILES string of the molecule is CN(C(C)(C)CO)S(N)(=O)=O. The molecule has 0 aliphatic heterocycles. The highest BCUT2D eigenvalue weighted by atomic mass is 32.2. The van der Waals surface area contributed by atoms with Crippen LogP contribution in [0.15, 0.2) is 0 Å². The van der Waals surface area contributed by atoms with Crippen molar-refractivity contribution in [2.24, 2.45) is 5.14 Å². The molecule has 3 N–H and O–H groups in total. The van der Waals surface area contributed by atoms with Crippen LogP contribution in [-0.4, -0.2) is 37.0 Å². The Hall–Kier alpha value is -0.170. The molecular formula is C5H14N2O3S. The molecule has 0 spiro atoms. The van der Waals surface area contributed by atoms with Crippen molar-refractivity contribution in [2.45, 2.75) is 19.4 Å². The highest BCUT2D eigenvalue weighted by Crippen LogP contribution is 2.12. The van der Waals surface area contributed by atoms with E-state index in [9.17, 15) is 8.42 Å². The highest BCUT2D eigenvalue weighted by molar-refractivity contribution is 7.86. The summed E-state index contributed by atoms with van der Waals surface area (Å²) < 4.78 is 22.4. The van der Waals surface area contributed by atoms with Gasteiger partial charge in [-0.1, -0.05) is 0 Å². The van der Waals surface area contributed by atoms with Crippen molar-refractivity contribution in [1.29, 1.82) is 0 Å². The van der Waals surface area contributed by atoms with E-state index in [1.165, 1.54) is 7.05 Å². The average Bonchev–Trinajstić information content (AvgIpc) is 1.84. The van der Waals surface area contributed by atoms with Crippen LogP contribution in [0.3, 0.4) is 0 Å². The predicted octanol–water partition coefficient (Wildman–Crippen LogP) is -1.11. The standard InChI is InChI=1S/C5H14N2O3S/c1-5(2,4-8)7(3)11(6,9)10/h8H,4H2,1-3H3,(H2,6,9,10). The van der Waals surface area contributed by atoms with E-state index in [0.29, 0.717) is 0 Å². The minimum Gasteiger partial charge on any atom is -0.394 e. The fourth-order valence-corrected chi connectivity index (χ4v) is 1.19. The Morgan fingerprint density at radius 3 is 2.00 bits per heavy atom. The van der Waals surface area contributed by atoms with E-state index in [1.807, 2.05) is 0 Å². The Bertz CT molecular complexity index is 222. The first-order chi connectivity index (χ1) is 4.72. The van der Waals surface area contributed by atoms with Gasteiger partial charge in [0.2, 0.25) is 0 Å². The van der Waals surface area contributed by atoms with Crippen molar-refractivity contribution in [3.8, 4) is 0 Å². The summed E-state index contributed by atoms with van der Waals surface area (Å²) in [5.41, 5.74) is -0.840. The lowest BCUT2D eigenvalue weighted by Gasteiger charge is -2.30. The summed E-state index contributed by atoms with van der Waals surface area (Å²) in [7, 11) is -2.37. The Balaban J connectivity index is 4.63. The van der Waals surface area contributed by atoms with Gasteiger partial charge in [0.1, 0.15) is 0 Å². The van der Waals surface area contributed by atoms with E-state index in [2.05, 4.69) is 0 Å². The number of nitrogens with two attached hydrogens (primary N) is 1. The minimum absolute atomic E-state index is 0.264. The molecule has 0 fully saturated rings. The van der Waals surface area contributed by atoms with Crippen molar-refractivity contribution in [3.63, 3.8) is 0 Å². The first-order valence-electron chi connectivity index (χ1n) is 3.09. The van der Waals surface area contributed by atoms with Crippen molar-refractivity contribution >= 4 is 10.2 Å². The summed E-state index contributed by atoms with van der Waals surface area (Å²) in [4.78, 5) is 0. The maximum Gasteiger partial charge on any atom is 0.277 e. The van der Waals surface area contributed by atoms with Crippen LogP contribution < -0.4 is 5.14 Å². The lowest BCUT2D eigenvalue weighted by molar-refractivity contribution is 0.138. The van der Waals surface area contributed by atoms with Gasteiger partial charge in [-0.05, 0) is 13.8 Å². The molecule has 0 rings (SSSR count). The zero-order valence-electron chi connectivity index (χ0n) is 6.90. The number of hydrogen-bond acceptors (Lipinski definition) is 3. The molecule has 6 heteroatoms. The van der Waals surface area contributed by atoms with Crippen LogP contribution in [0.2, 0.25) is 0 Å². The smallest absolute Gasteiger partial charge is 0.277 e. The summed E-state index contributed by atoms with van der Waals surface area (Å²) >= 11 is 0. The molecule has 0 radical (unpaired) electrons. The van der Waals surface area contributed by atoms with Gasteiger partial charge in [-0.25, -0.2) is 5.14 Å². The first kappa shape index (κ1) is 10.8. The molecule has 0 saturated heterocycles. The zero-order chi connectivity index (χ0) is 9.28. The van der Waals surface area contributed by atoms with Crippen LogP contribution in [0.4, 0.5) is 0 Å². The quantitative estimate of drug-likeness (QED) is 0.580. The molecule has 0 aromatic rings. The molecule has 0 unspecified atom stereocenters. The van der Waals surface area contributed by atoms with Gasteiger partial charge in [0, 0.05) is 7.05 Å². The molecule has 0 bridgehead atoms. The van der Waals surface area contributed by atoms with Crippen molar-refractivity contribution in [2.75, 3.05) is 13.7 Å². The first-order valence-corrected chi connectivity index (χ1v) is 4.60. The largest absolute Gasteiger partial charge is 0.394 e. The maximum absolute atomic E-state index is 10.7. The summed E-state index contributed by atoms with van der Waals surface area (Å²) in [5, 5.41) is 13.6. The van der Waals surface area contributed by atoms with Gasteiger partial charge in [0.15, 0.2) is 0 Å². The van der Waals surface area contributed by atoms with Crippen LogP contribution >= 0.6 is 0 Å². The molecule has 0 atom stereocenters. The van der Waals surface area contributed by atoms with E-state index in [4.69, 9.17) is 10.2 Å². The second-order valence-corrected chi connectivity index (χ2v) is 4.56. The fraction of sp³-hybridized carbons (Fsp3) is 1.00. The monoisotopic (exact) mass is 182 g/mol. The summed E-state index contributed by atoms with van der Waals surface area (Å²) in [6, 6.07) is 0. The number of aliphatic hydroxyl groups excluding tert-OH is 1. The van der Waals surface area contributed by atoms with E-state index in [0.717, 1.165) is 4.31 Å². The Morgan fingerprint density at radius 1 is 1.55 bits per heavy atom. The van der Waals surface area contributed by atoms with Crippen molar-refractivity contribution < 1.29 is 13.5 Å². The third-order valence-electron chi connectivity index (χ3n) is 1.62. The minimum atomic E-state index is -3.70. The molecule has 0 saturated carbocycles. The molecule has 0 aromatic heterocycles. The summed E-state index contributed by atoms with van der Waals surface area (Å²) in [5.74, 6) is 0. The van der Waals surface area contributed by atoms with Gasteiger partial charge in [-0.15, -0.1) is 0 Å². The molecule has 0 aliphatic rings. The fourth-order valence-electron chi connectivity index (χ4n) is 0.444. The van der Waals surface area contributed by atoms with Gasteiger partial charge in [0.05, 0.1) is 12.1 Å². The van der Waals surface area contributed by atoms with Crippen molar-refractivity contribution in [1.82, 2.24) is 4.31 Å². The normalized spacial score (nSPS) is 14.0. The molecule has 0 amide bonds. The van der Waals surface area contributed by atoms with Gasteiger partial charge in [-0.2, -0.15) is 12.7 Å². The molecule has 68 valence electrons.